The van der Waals surface area contributed by atoms with Gasteiger partial charge in [0.05, 0.1) is 5.56 Å². The number of fused-ring (bicyclic) bond motifs is 1. The molecule has 1 aliphatic heterocycles. The maximum Gasteiger partial charge on any atom is 0.259 e. The topological polar surface area (TPSA) is 61.4 Å². The van der Waals surface area contributed by atoms with E-state index in [9.17, 15) is 9.90 Å². The first-order valence-corrected chi connectivity index (χ1v) is 7.60. The number of amides is 1. The second-order valence-electron chi connectivity index (χ2n) is 4.98. The Morgan fingerprint density at radius 1 is 1.29 bits per heavy atom. The monoisotopic (exact) mass is 346 g/mol. The maximum atomic E-state index is 12.3. The third kappa shape index (κ3) is 2.88. The number of halogens is 1. The van der Waals surface area contributed by atoms with E-state index in [1.807, 2.05) is 18.2 Å². The summed E-state index contributed by atoms with van der Waals surface area (Å²) in [5.41, 5.74) is 3.25. The van der Waals surface area contributed by atoms with Gasteiger partial charge in [0, 0.05) is 22.4 Å². The van der Waals surface area contributed by atoms with Gasteiger partial charge in [-0.2, -0.15) is 0 Å². The number of rotatable bonds is 2. The highest BCUT2D eigenvalue weighted by atomic mass is 79.9. The number of aromatic hydroxyl groups is 1. The molecule has 0 fully saturated rings. The molecule has 0 radical (unpaired) electrons. The Kier molecular flexibility index (Phi) is 3.84. The minimum atomic E-state index is -0.307. The molecule has 2 aromatic rings. The molecule has 21 heavy (non-hydrogen) atoms. The van der Waals surface area contributed by atoms with Crippen molar-refractivity contribution in [1.29, 1.82) is 0 Å². The van der Waals surface area contributed by atoms with Crippen LogP contribution >= 0.6 is 15.9 Å². The smallest absolute Gasteiger partial charge is 0.259 e. The van der Waals surface area contributed by atoms with Crippen molar-refractivity contribution >= 4 is 33.2 Å². The van der Waals surface area contributed by atoms with E-state index < -0.39 is 0 Å². The number of phenolic OH excluding ortho intramolecular Hbond substituents is 1. The molecule has 0 bridgehead atoms. The number of benzene rings is 2. The van der Waals surface area contributed by atoms with Crippen molar-refractivity contribution in [2.45, 2.75) is 12.8 Å². The lowest BCUT2D eigenvalue weighted by Crippen LogP contribution is -2.17. The van der Waals surface area contributed by atoms with Crippen LogP contribution in [0.1, 0.15) is 22.3 Å². The van der Waals surface area contributed by atoms with Crippen molar-refractivity contribution in [3.8, 4) is 5.75 Å². The van der Waals surface area contributed by atoms with Crippen molar-refractivity contribution in [3.05, 3.63) is 52.0 Å². The predicted octanol–water partition coefficient (Wildman–Crippen LogP) is 3.77. The van der Waals surface area contributed by atoms with Crippen LogP contribution in [-0.2, 0) is 6.42 Å². The van der Waals surface area contributed by atoms with Gasteiger partial charge in [-0.1, -0.05) is 22.0 Å². The van der Waals surface area contributed by atoms with Crippen molar-refractivity contribution in [1.82, 2.24) is 0 Å². The number of hydrogen-bond donors (Lipinski definition) is 3. The molecular weight excluding hydrogens is 332 g/mol. The molecule has 0 spiro atoms. The molecule has 0 saturated heterocycles. The first kappa shape index (κ1) is 13.9. The molecule has 3 rings (SSSR count). The third-order valence-electron chi connectivity index (χ3n) is 3.55. The van der Waals surface area contributed by atoms with Crippen LogP contribution in [0.25, 0.3) is 0 Å². The van der Waals surface area contributed by atoms with E-state index in [2.05, 4.69) is 26.6 Å². The standard InChI is InChI=1S/C16H15BrN2O2/c17-10-6-7-12(15(20)9-10)16(21)19-14-5-1-4-13-11(14)3-2-8-18-13/h1,4-7,9,18,20H,2-3,8H2,(H,19,21). The van der Waals surface area contributed by atoms with Gasteiger partial charge in [0.1, 0.15) is 5.75 Å². The zero-order valence-corrected chi connectivity index (χ0v) is 12.9. The first-order valence-electron chi connectivity index (χ1n) is 6.81. The molecule has 2 aromatic carbocycles. The van der Waals surface area contributed by atoms with Crippen LogP contribution in [0.15, 0.2) is 40.9 Å². The fourth-order valence-electron chi connectivity index (χ4n) is 2.51. The van der Waals surface area contributed by atoms with Gasteiger partial charge in [0.25, 0.3) is 5.91 Å². The van der Waals surface area contributed by atoms with Gasteiger partial charge in [-0.3, -0.25) is 4.79 Å². The van der Waals surface area contributed by atoms with Crippen molar-refractivity contribution in [2.75, 3.05) is 17.2 Å². The van der Waals surface area contributed by atoms with Crippen LogP contribution < -0.4 is 10.6 Å². The van der Waals surface area contributed by atoms with Gasteiger partial charge >= 0.3 is 0 Å². The lowest BCUT2D eigenvalue weighted by atomic mass is 10.0. The summed E-state index contributed by atoms with van der Waals surface area (Å²) in [7, 11) is 0. The van der Waals surface area contributed by atoms with Gasteiger partial charge < -0.3 is 15.7 Å². The van der Waals surface area contributed by atoms with Gasteiger partial charge in [-0.05, 0) is 48.7 Å². The Balaban J connectivity index is 1.88. The highest BCUT2D eigenvalue weighted by Crippen LogP contribution is 2.30. The molecular formula is C16H15BrN2O2. The van der Waals surface area contributed by atoms with Gasteiger partial charge in [0.15, 0.2) is 0 Å². The van der Waals surface area contributed by atoms with Crippen LogP contribution in [-0.4, -0.2) is 17.6 Å². The van der Waals surface area contributed by atoms with E-state index in [1.165, 1.54) is 6.07 Å². The summed E-state index contributed by atoms with van der Waals surface area (Å²) >= 11 is 3.26. The Morgan fingerprint density at radius 3 is 2.95 bits per heavy atom. The zero-order valence-electron chi connectivity index (χ0n) is 11.3. The van der Waals surface area contributed by atoms with Crippen molar-refractivity contribution < 1.29 is 9.90 Å². The Hall–Kier alpha value is -2.01. The minimum Gasteiger partial charge on any atom is -0.507 e. The van der Waals surface area contributed by atoms with E-state index in [4.69, 9.17) is 0 Å². The average molecular weight is 347 g/mol. The van der Waals surface area contributed by atoms with E-state index >= 15 is 0 Å². The number of carbonyl (C=O) groups excluding carboxylic acids is 1. The van der Waals surface area contributed by atoms with Crippen LogP contribution in [0, 0.1) is 0 Å². The lowest BCUT2D eigenvalue weighted by molar-refractivity contribution is 0.102. The number of carbonyl (C=O) groups is 1. The highest BCUT2D eigenvalue weighted by molar-refractivity contribution is 9.10. The summed E-state index contributed by atoms with van der Waals surface area (Å²) < 4.78 is 0.734. The zero-order chi connectivity index (χ0) is 14.8. The molecule has 1 aliphatic rings. The summed E-state index contributed by atoms with van der Waals surface area (Å²) in [6.45, 7) is 0.956. The maximum absolute atomic E-state index is 12.3. The molecule has 5 heteroatoms. The van der Waals surface area contributed by atoms with Gasteiger partial charge in [-0.25, -0.2) is 0 Å². The van der Waals surface area contributed by atoms with Crippen LogP contribution in [0.2, 0.25) is 0 Å². The summed E-state index contributed by atoms with van der Waals surface area (Å²) in [5, 5.41) is 16.1. The molecule has 0 aromatic heterocycles. The van der Waals surface area contributed by atoms with Crippen molar-refractivity contribution in [3.63, 3.8) is 0 Å². The van der Waals surface area contributed by atoms with E-state index in [-0.39, 0.29) is 17.2 Å². The molecule has 4 nitrogen and oxygen atoms in total. The summed E-state index contributed by atoms with van der Waals surface area (Å²) in [6, 6.07) is 10.7. The van der Waals surface area contributed by atoms with Crippen molar-refractivity contribution in [2.24, 2.45) is 0 Å². The predicted molar refractivity (Wildman–Crippen MR) is 87.0 cm³/mol. The number of phenols is 1. The molecule has 108 valence electrons. The molecule has 0 unspecified atom stereocenters. The largest absolute Gasteiger partial charge is 0.507 e. The third-order valence-corrected chi connectivity index (χ3v) is 4.04. The fourth-order valence-corrected chi connectivity index (χ4v) is 2.86. The average Bonchev–Trinajstić information content (AvgIpc) is 2.47. The van der Waals surface area contributed by atoms with Gasteiger partial charge in [-0.15, -0.1) is 0 Å². The molecule has 1 amide bonds. The Morgan fingerprint density at radius 2 is 2.14 bits per heavy atom. The first-order chi connectivity index (χ1) is 10.1. The quantitative estimate of drug-likeness (QED) is 0.775. The number of anilines is 2. The molecule has 1 heterocycles. The van der Waals surface area contributed by atoms with Crippen LogP contribution in [0.3, 0.4) is 0 Å². The molecule has 0 saturated carbocycles. The normalized spacial score (nSPS) is 13.2. The SMILES string of the molecule is O=C(Nc1cccc2c1CCCN2)c1ccc(Br)cc1O. The van der Waals surface area contributed by atoms with E-state index in [1.54, 1.807) is 12.1 Å². The fraction of sp³-hybridized carbons (Fsp3) is 0.188. The van der Waals surface area contributed by atoms with E-state index in [0.29, 0.717) is 0 Å². The van der Waals surface area contributed by atoms with Crippen LogP contribution in [0.4, 0.5) is 11.4 Å². The second kappa shape index (κ2) is 5.77. The molecule has 0 atom stereocenters. The molecule has 0 aliphatic carbocycles. The summed E-state index contributed by atoms with van der Waals surface area (Å²) in [6.07, 6.45) is 1.98. The Labute approximate surface area is 131 Å². The number of hydrogen-bond acceptors (Lipinski definition) is 3. The van der Waals surface area contributed by atoms with Crippen LogP contribution in [0.5, 0.6) is 5.75 Å². The Bertz CT molecular complexity index is 701. The van der Waals surface area contributed by atoms with E-state index in [0.717, 1.165) is 40.8 Å². The number of nitrogens with one attached hydrogen (secondary N) is 2. The lowest BCUT2D eigenvalue weighted by Gasteiger charge is -2.21. The minimum absolute atomic E-state index is 0.0372. The highest BCUT2D eigenvalue weighted by Gasteiger charge is 2.16. The summed E-state index contributed by atoms with van der Waals surface area (Å²) in [5.74, 6) is -0.344. The van der Waals surface area contributed by atoms with Gasteiger partial charge in [0.2, 0.25) is 0 Å². The summed E-state index contributed by atoms with van der Waals surface area (Å²) in [4.78, 5) is 12.3. The molecule has 3 N–H and O–H groups in total. The second-order valence-corrected chi connectivity index (χ2v) is 5.89.